The Labute approximate surface area is 115 Å². The molecule has 102 valence electrons. The van der Waals surface area contributed by atoms with Gasteiger partial charge in [0.2, 0.25) is 0 Å². The van der Waals surface area contributed by atoms with Gasteiger partial charge in [-0.1, -0.05) is 18.7 Å². The first-order valence-electron chi connectivity index (χ1n) is 6.17. The van der Waals surface area contributed by atoms with Crippen molar-refractivity contribution in [1.29, 1.82) is 5.41 Å². The number of hydrogen-bond acceptors (Lipinski definition) is 3. The van der Waals surface area contributed by atoms with E-state index in [0.29, 0.717) is 5.84 Å². The SMILES string of the molecule is C=C/C=C1/C=CC(C(C)(C)C(=N)N=C(C)C)=CN1N. The highest BCUT2D eigenvalue weighted by molar-refractivity contribution is 5.98. The summed E-state index contributed by atoms with van der Waals surface area (Å²) in [5.74, 6) is 6.26. The van der Waals surface area contributed by atoms with Gasteiger partial charge in [-0.25, -0.2) is 10.8 Å². The highest BCUT2D eigenvalue weighted by atomic mass is 15.4. The quantitative estimate of drug-likeness (QED) is 0.464. The molecule has 1 aliphatic heterocycles. The molecule has 0 radical (unpaired) electrons. The van der Waals surface area contributed by atoms with E-state index in [4.69, 9.17) is 11.3 Å². The summed E-state index contributed by atoms with van der Waals surface area (Å²) in [6.45, 7) is 11.4. The van der Waals surface area contributed by atoms with Crippen LogP contribution in [0.4, 0.5) is 0 Å². The number of nitrogens with two attached hydrogens (primary N) is 1. The van der Waals surface area contributed by atoms with Crippen LogP contribution in [-0.4, -0.2) is 16.6 Å². The van der Waals surface area contributed by atoms with Crippen LogP contribution in [0.1, 0.15) is 27.7 Å². The van der Waals surface area contributed by atoms with Crippen LogP contribution >= 0.6 is 0 Å². The largest absolute Gasteiger partial charge is 0.287 e. The summed E-state index contributed by atoms with van der Waals surface area (Å²) >= 11 is 0. The normalized spacial score (nSPS) is 17.2. The first-order valence-corrected chi connectivity index (χ1v) is 6.17. The smallest absolute Gasteiger partial charge is 0.130 e. The molecule has 1 aliphatic rings. The predicted molar refractivity (Wildman–Crippen MR) is 81.8 cm³/mol. The average molecular weight is 258 g/mol. The minimum atomic E-state index is -0.481. The minimum absolute atomic E-state index is 0.327. The Morgan fingerprint density at radius 2 is 2.05 bits per heavy atom. The maximum absolute atomic E-state index is 8.10. The first-order chi connectivity index (χ1) is 8.78. The van der Waals surface area contributed by atoms with E-state index in [1.807, 2.05) is 52.1 Å². The highest BCUT2D eigenvalue weighted by Gasteiger charge is 2.29. The summed E-state index contributed by atoms with van der Waals surface area (Å²) in [5.41, 5.74) is 2.20. The van der Waals surface area contributed by atoms with Crippen LogP contribution in [0.2, 0.25) is 0 Å². The minimum Gasteiger partial charge on any atom is -0.287 e. The van der Waals surface area contributed by atoms with Gasteiger partial charge in [0.25, 0.3) is 0 Å². The van der Waals surface area contributed by atoms with Crippen LogP contribution in [0, 0.1) is 10.8 Å². The van der Waals surface area contributed by atoms with Crippen LogP contribution in [0.3, 0.4) is 0 Å². The Morgan fingerprint density at radius 1 is 1.42 bits per heavy atom. The molecule has 0 amide bonds. The van der Waals surface area contributed by atoms with E-state index in [1.54, 1.807) is 6.08 Å². The molecule has 0 bridgehead atoms. The number of rotatable bonds is 3. The van der Waals surface area contributed by atoms with E-state index in [9.17, 15) is 0 Å². The van der Waals surface area contributed by atoms with Gasteiger partial charge in [-0.3, -0.25) is 10.4 Å². The summed E-state index contributed by atoms with van der Waals surface area (Å²) < 4.78 is 0. The van der Waals surface area contributed by atoms with Gasteiger partial charge in [0.1, 0.15) is 5.84 Å². The highest BCUT2D eigenvalue weighted by Crippen LogP contribution is 2.32. The second-order valence-electron chi connectivity index (χ2n) is 5.18. The lowest BCUT2D eigenvalue weighted by Gasteiger charge is -2.30. The van der Waals surface area contributed by atoms with Gasteiger partial charge in [0.05, 0.1) is 11.1 Å². The third kappa shape index (κ3) is 3.51. The van der Waals surface area contributed by atoms with Crippen LogP contribution in [-0.2, 0) is 0 Å². The fourth-order valence-electron chi connectivity index (χ4n) is 1.66. The number of aliphatic imine (C=N–C) groups is 1. The van der Waals surface area contributed by atoms with Gasteiger partial charge in [-0.2, -0.15) is 0 Å². The zero-order valence-corrected chi connectivity index (χ0v) is 12.1. The zero-order chi connectivity index (χ0) is 14.6. The van der Waals surface area contributed by atoms with E-state index in [1.165, 1.54) is 5.01 Å². The molecule has 0 spiro atoms. The van der Waals surface area contributed by atoms with E-state index in [2.05, 4.69) is 11.6 Å². The zero-order valence-electron chi connectivity index (χ0n) is 12.1. The van der Waals surface area contributed by atoms with Gasteiger partial charge in [0, 0.05) is 11.9 Å². The van der Waals surface area contributed by atoms with Crippen molar-refractivity contribution in [2.24, 2.45) is 16.3 Å². The number of nitrogens with zero attached hydrogens (tertiary/aromatic N) is 2. The molecular weight excluding hydrogens is 236 g/mol. The fourth-order valence-corrected chi connectivity index (χ4v) is 1.66. The van der Waals surface area contributed by atoms with Crippen molar-refractivity contribution in [2.75, 3.05) is 0 Å². The third-order valence-electron chi connectivity index (χ3n) is 2.95. The van der Waals surface area contributed by atoms with Crippen molar-refractivity contribution in [2.45, 2.75) is 27.7 Å². The fraction of sp³-hybridized carbons (Fsp3) is 0.333. The maximum atomic E-state index is 8.10. The standard InChI is InChI=1S/C15H22N4/c1-6-7-13-9-8-12(10-19(13)17)15(4,5)14(16)18-11(2)3/h6-10,16H,1,17H2,2-5H3/b13-7-,16-14?. The van der Waals surface area contributed by atoms with Crippen LogP contribution < -0.4 is 5.84 Å². The first kappa shape index (κ1) is 15.1. The molecular formula is C15H22N4. The Morgan fingerprint density at radius 3 is 2.53 bits per heavy atom. The molecule has 0 aromatic rings. The Kier molecular flexibility index (Phi) is 4.62. The molecule has 0 aliphatic carbocycles. The molecule has 0 unspecified atom stereocenters. The van der Waals surface area contributed by atoms with Crippen molar-refractivity contribution in [3.8, 4) is 0 Å². The lowest BCUT2D eigenvalue weighted by atomic mass is 9.82. The van der Waals surface area contributed by atoms with Crippen molar-refractivity contribution in [1.82, 2.24) is 5.01 Å². The third-order valence-corrected chi connectivity index (χ3v) is 2.95. The van der Waals surface area contributed by atoms with Crippen molar-refractivity contribution in [3.05, 3.63) is 48.4 Å². The van der Waals surface area contributed by atoms with Crippen LogP contribution in [0.15, 0.2) is 53.3 Å². The van der Waals surface area contributed by atoms with Crippen LogP contribution in [0.25, 0.3) is 0 Å². The van der Waals surface area contributed by atoms with E-state index in [-0.39, 0.29) is 0 Å². The molecule has 0 aromatic carbocycles. The summed E-state index contributed by atoms with van der Waals surface area (Å²) in [7, 11) is 0. The molecule has 3 N–H and O–H groups in total. The van der Waals surface area contributed by atoms with Crippen molar-refractivity contribution >= 4 is 11.5 Å². The van der Waals surface area contributed by atoms with E-state index >= 15 is 0 Å². The summed E-state index contributed by atoms with van der Waals surface area (Å²) in [6, 6.07) is 0. The maximum Gasteiger partial charge on any atom is 0.130 e. The second kappa shape index (κ2) is 5.80. The number of hydrazine groups is 1. The van der Waals surface area contributed by atoms with Gasteiger partial charge >= 0.3 is 0 Å². The van der Waals surface area contributed by atoms with Gasteiger partial charge in [-0.15, -0.1) is 0 Å². The topological polar surface area (TPSA) is 65.5 Å². The summed E-state index contributed by atoms with van der Waals surface area (Å²) in [6.07, 6.45) is 9.22. The molecule has 0 fully saturated rings. The van der Waals surface area contributed by atoms with Crippen molar-refractivity contribution in [3.63, 3.8) is 0 Å². The molecule has 0 saturated heterocycles. The number of nitrogens with one attached hydrogen (secondary N) is 1. The molecule has 4 heteroatoms. The summed E-state index contributed by atoms with van der Waals surface area (Å²) in [5, 5.41) is 9.64. The van der Waals surface area contributed by atoms with E-state index in [0.717, 1.165) is 17.0 Å². The van der Waals surface area contributed by atoms with E-state index < -0.39 is 5.41 Å². The number of hydrogen-bond donors (Lipinski definition) is 2. The Hall–Kier alpha value is -1.94. The number of amidine groups is 1. The molecule has 4 nitrogen and oxygen atoms in total. The average Bonchev–Trinajstić information content (AvgIpc) is 2.31. The Bertz CT molecular complexity index is 500. The van der Waals surface area contributed by atoms with Gasteiger partial charge in [-0.05, 0) is 45.4 Å². The van der Waals surface area contributed by atoms with Gasteiger partial charge in [0.15, 0.2) is 0 Å². The molecule has 0 saturated carbocycles. The number of allylic oxidation sites excluding steroid dienone is 4. The summed E-state index contributed by atoms with van der Waals surface area (Å²) in [4.78, 5) is 4.24. The van der Waals surface area contributed by atoms with Gasteiger partial charge < -0.3 is 0 Å². The molecule has 1 heterocycles. The lowest BCUT2D eigenvalue weighted by molar-refractivity contribution is 0.481. The predicted octanol–water partition coefficient (Wildman–Crippen LogP) is 3.17. The Balaban J connectivity index is 3.06. The molecule has 19 heavy (non-hydrogen) atoms. The lowest BCUT2D eigenvalue weighted by Crippen LogP contribution is -2.31. The van der Waals surface area contributed by atoms with Crippen LogP contribution in [0.5, 0.6) is 0 Å². The molecule has 1 rings (SSSR count). The monoisotopic (exact) mass is 258 g/mol. The van der Waals surface area contributed by atoms with Crippen molar-refractivity contribution < 1.29 is 0 Å². The molecule has 0 atom stereocenters. The second-order valence-corrected chi connectivity index (χ2v) is 5.18. The molecule has 0 aromatic heterocycles.